The monoisotopic (exact) mass is 233 g/mol. The number of halogens is 1. The average molecular weight is 234 g/mol. The summed E-state index contributed by atoms with van der Waals surface area (Å²) in [6.07, 6.45) is 5.82. The molecule has 0 aromatic rings. The quantitative estimate of drug-likeness (QED) is 0.641. The third-order valence-electron chi connectivity index (χ3n) is 3.29. The molecule has 1 amide bonds. The normalized spacial score (nSPS) is 32.7. The summed E-state index contributed by atoms with van der Waals surface area (Å²) in [6, 6.07) is 0.509. The zero-order valence-electron chi connectivity index (χ0n) is 8.87. The van der Waals surface area contributed by atoms with E-state index in [4.69, 9.17) is 11.5 Å². The van der Waals surface area contributed by atoms with Gasteiger partial charge >= 0.3 is 0 Å². The Hall–Kier alpha value is -0.320. The molecule has 2 unspecified atom stereocenters. The molecule has 0 saturated heterocycles. The Morgan fingerprint density at radius 2 is 2.00 bits per heavy atom. The molecule has 2 aliphatic rings. The zero-order chi connectivity index (χ0) is 10.2. The summed E-state index contributed by atoms with van der Waals surface area (Å²) in [5, 5.41) is 3.01. The van der Waals surface area contributed by atoms with Crippen LogP contribution < -0.4 is 16.8 Å². The SMILES string of the molecule is Cl.NC1CCCC(NC(=O)C2(N)CC2)C1. The number of rotatable bonds is 2. The van der Waals surface area contributed by atoms with Crippen molar-refractivity contribution in [1.29, 1.82) is 0 Å². The predicted octanol–water partition coefficient (Wildman–Crippen LogP) is 0.286. The van der Waals surface area contributed by atoms with Gasteiger partial charge in [-0.1, -0.05) is 0 Å². The van der Waals surface area contributed by atoms with Crippen molar-refractivity contribution in [2.45, 2.75) is 56.1 Å². The van der Waals surface area contributed by atoms with Gasteiger partial charge in [0.1, 0.15) is 0 Å². The van der Waals surface area contributed by atoms with E-state index in [-0.39, 0.29) is 30.4 Å². The predicted molar refractivity (Wildman–Crippen MR) is 61.8 cm³/mol. The van der Waals surface area contributed by atoms with E-state index in [1.165, 1.54) is 0 Å². The Balaban J connectivity index is 0.00000112. The summed E-state index contributed by atoms with van der Waals surface area (Å²) in [4.78, 5) is 11.6. The molecule has 0 aromatic carbocycles. The number of carbonyl (C=O) groups is 1. The second-order valence-electron chi connectivity index (χ2n) is 4.75. The third kappa shape index (κ3) is 3.06. The molecular weight excluding hydrogens is 214 g/mol. The lowest BCUT2D eigenvalue weighted by molar-refractivity contribution is -0.124. The smallest absolute Gasteiger partial charge is 0.240 e. The molecule has 0 radical (unpaired) electrons. The second kappa shape index (κ2) is 4.68. The standard InChI is InChI=1S/C10H19N3O.ClH/c11-7-2-1-3-8(6-7)13-9(14)10(12)4-5-10;/h7-8H,1-6,11-12H2,(H,13,14);1H. The lowest BCUT2D eigenvalue weighted by Gasteiger charge is -2.28. The molecule has 0 aromatic heterocycles. The highest BCUT2D eigenvalue weighted by molar-refractivity contribution is 5.89. The Morgan fingerprint density at radius 1 is 1.33 bits per heavy atom. The zero-order valence-corrected chi connectivity index (χ0v) is 9.69. The molecule has 5 N–H and O–H groups in total. The van der Waals surface area contributed by atoms with Crippen LogP contribution in [0.15, 0.2) is 0 Å². The summed E-state index contributed by atoms with van der Waals surface area (Å²) in [5.74, 6) is 0.0246. The van der Waals surface area contributed by atoms with Crippen molar-refractivity contribution in [1.82, 2.24) is 5.32 Å². The Morgan fingerprint density at radius 3 is 2.53 bits per heavy atom. The van der Waals surface area contributed by atoms with Gasteiger partial charge in [-0.25, -0.2) is 0 Å². The first kappa shape index (κ1) is 12.7. The molecule has 0 spiro atoms. The van der Waals surface area contributed by atoms with Crippen LogP contribution in [0.4, 0.5) is 0 Å². The van der Waals surface area contributed by atoms with Crippen LogP contribution in [0.1, 0.15) is 38.5 Å². The van der Waals surface area contributed by atoms with E-state index >= 15 is 0 Å². The minimum Gasteiger partial charge on any atom is -0.352 e. The molecule has 2 aliphatic carbocycles. The van der Waals surface area contributed by atoms with Crippen LogP contribution in [0, 0.1) is 0 Å². The molecule has 2 atom stereocenters. The van der Waals surface area contributed by atoms with Crippen molar-refractivity contribution in [3.05, 3.63) is 0 Å². The van der Waals surface area contributed by atoms with Crippen molar-refractivity contribution < 1.29 is 4.79 Å². The van der Waals surface area contributed by atoms with E-state index < -0.39 is 5.54 Å². The molecule has 4 nitrogen and oxygen atoms in total. The summed E-state index contributed by atoms with van der Waals surface area (Å²) in [5.41, 5.74) is 11.1. The molecule has 2 fully saturated rings. The fourth-order valence-corrected chi connectivity index (χ4v) is 2.05. The van der Waals surface area contributed by atoms with Gasteiger partial charge in [0.2, 0.25) is 5.91 Å². The molecule has 0 aliphatic heterocycles. The lowest BCUT2D eigenvalue weighted by atomic mass is 9.91. The summed E-state index contributed by atoms with van der Waals surface area (Å²) < 4.78 is 0. The van der Waals surface area contributed by atoms with Crippen LogP contribution in [-0.4, -0.2) is 23.5 Å². The maximum absolute atomic E-state index is 11.6. The number of hydrogen-bond acceptors (Lipinski definition) is 3. The van der Waals surface area contributed by atoms with E-state index in [1.54, 1.807) is 0 Å². The molecule has 2 saturated carbocycles. The van der Waals surface area contributed by atoms with Crippen molar-refractivity contribution in [2.75, 3.05) is 0 Å². The molecule has 0 heterocycles. The average Bonchev–Trinajstić information content (AvgIpc) is 2.85. The van der Waals surface area contributed by atoms with E-state index in [0.717, 1.165) is 38.5 Å². The molecule has 0 bridgehead atoms. The van der Waals surface area contributed by atoms with Crippen LogP contribution in [0.2, 0.25) is 0 Å². The van der Waals surface area contributed by atoms with Crippen LogP contribution >= 0.6 is 12.4 Å². The number of amides is 1. The lowest BCUT2D eigenvalue weighted by Crippen LogP contribution is -2.49. The van der Waals surface area contributed by atoms with Gasteiger partial charge in [-0.15, -0.1) is 12.4 Å². The van der Waals surface area contributed by atoms with Gasteiger partial charge < -0.3 is 16.8 Å². The topological polar surface area (TPSA) is 81.1 Å². The van der Waals surface area contributed by atoms with Crippen LogP contribution in [0.5, 0.6) is 0 Å². The third-order valence-corrected chi connectivity index (χ3v) is 3.29. The van der Waals surface area contributed by atoms with Gasteiger partial charge in [0.15, 0.2) is 0 Å². The highest BCUT2D eigenvalue weighted by Gasteiger charge is 2.46. The first-order valence-electron chi connectivity index (χ1n) is 5.45. The Bertz CT molecular complexity index is 243. The van der Waals surface area contributed by atoms with Gasteiger partial charge in [0.25, 0.3) is 0 Å². The van der Waals surface area contributed by atoms with Crippen LogP contribution in [0.25, 0.3) is 0 Å². The van der Waals surface area contributed by atoms with Crippen molar-refractivity contribution >= 4 is 18.3 Å². The summed E-state index contributed by atoms with van der Waals surface area (Å²) in [6.45, 7) is 0. The second-order valence-corrected chi connectivity index (χ2v) is 4.75. The molecular formula is C10H20ClN3O. The van der Waals surface area contributed by atoms with E-state index in [1.807, 2.05) is 0 Å². The van der Waals surface area contributed by atoms with Gasteiger partial charge in [-0.05, 0) is 38.5 Å². The highest BCUT2D eigenvalue weighted by Crippen LogP contribution is 2.32. The molecule has 88 valence electrons. The van der Waals surface area contributed by atoms with Crippen molar-refractivity contribution in [2.24, 2.45) is 11.5 Å². The van der Waals surface area contributed by atoms with Crippen molar-refractivity contribution in [3.8, 4) is 0 Å². The number of hydrogen-bond donors (Lipinski definition) is 3. The molecule has 15 heavy (non-hydrogen) atoms. The van der Waals surface area contributed by atoms with Crippen LogP contribution in [0.3, 0.4) is 0 Å². The minimum absolute atomic E-state index is 0. The first-order valence-corrected chi connectivity index (χ1v) is 5.45. The van der Waals surface area contributed by atoms with E-state index in [0.29, 0.717) is 0 Å². The molecule has 2 rings (SSSR count). The van der Waals surface area contributed by atoms with Crippen LogP contribution in [-0.2, 0) is 4.79 Å². The fourth-order valence-electron chi connectivity index (χ4n) is 2.05. The van der Waals surface area contributed by atoms with E-state index in [9.17, 15) is 4.79 Å². The Labute approximate surface area is 96.6 Å². The van der Waals surface area contributed by atoms with Gasteiger partial charge in [0, 0.05) is 12.1 Å². The molecule has 5 heteroatoms. The van der Waals surface area contributed by atoms with Crippen molar-refractivity contribution in [3.63, 3.8) is 0 Å². The van der Waals surface area contributed by atoms with Gasteiger partial charge in [-0.2, -0.15) is 0 Å². The van der Waals surface area contributed by atoms with Gasteiger partial charge in [-0.3, -0.25) is 4.79 Å². The Kier molecular flexibility index (Phi) is 3.98. The number of nitrogens with one attached hydrogen (secondary N) is 1. The number of carbonyl (C=O) groups excluding carboxylic acids is 1. The van der Waals surface area contributed by atoms with E-state index in [2.05, 4.69) is 5.32 Å². The minimum atomic E-state index is -0.540. The fraction of sp³-hybridized carbons (Fsp3) is 0.900. The highest BCUT2D eigenvalue weighted by atomic mass is 35.5. The largest absolute Gasteiger partial charge is 0.352 e. The summed E-state index contributed by atoms with van der Waals surface area (Å²) >= 11 is 0. The maximum atomic E-state index is 11.6. The van der Waals surface area contributed by atoms with Gasteiger partial charge in [0.05, 0.1) is 5.54 Å². The summed E-state index contributed by atoms with van der Waals surface area (Å²) in [7, 11) is 0. The first-order chi connectivity index (χ1) is 6.60. The maximum Gasteiger partial charge on any atom is 0.240 e. The number of nitrogens with two attached hydrogens (primary N) is 2.